The Bertz CT molecular complexity index is 1080. The van der Waals surface area contributed by atoms with E-state index in [9.17, 15) is 9.59 Å². The number of carbonyl (C=O) groups is 2. The Kier molecular flexibility index (Phi) is 5.33. The van der Waals surface area contributed by atoms with Crippen molar-refractivity contribution < 1.29 is 14.0 Å². The summed E-state index contributed by atoms with van der Waals surface area (Å²) in [6.45, 7) is 1.71. The minimum absolute atomic E-state index is 0.112. The number of rotatable bonds is 4. The number of halogens is 1. The summed E-state index contributed by atoms with van der Waals surface area (Å²) in [7, 11) is 1.56. The molecule has 1 heterocycles. The summed E-state index contributed by atoms with van der Waals surface area (Å²) in [5.41, 5.74) is 2.62. The lowest BCUT2D eigenvalue weighted by molar-refractivity contribution is -0.116. The fraction of sp³-hybridized carbons (Fsp3) is 0.143. The summed E-state index contributed by atoms with van der Waals surface area (Å²) in [5.74, 6) is 2.06. The number of terminal acetylenes is 1. The molecule has 0 aliphatic heterocycles. The van der Waals surface area contributed by atoms with E-state index < -0.39 is 0 Å². The number of nitrogens with one attached hydrogen (secondary N) is 1. The summed E-state index contributed by atoms with van der Waals surface area (Å²) in [5, 5.41) is 3.60. The number of likely N-dealkylation sites (N-methyl/N-ethyl adjacent to an activating group) is 1. The molecule has 1 N–H and O–H groups in total. The van der Waals surface area contributed by atoms with Gasteiger partial charge in [-0.1, -0.05) is 27.9 Å². The number of furan rings is 1. The molecule has 5 nitrogen and oxygen atoms in total. The zero-order valence-electron chi connectivity index (χ0n) is 14.9. The van der Waals surface area contributed by atoms with Gasteiger partial charge in [0.1, 0.15) is 5.58 Å². The van der Waals surface area contributed by atoms with Crippen LogP contribution in [0.2, 0.25) is 0 Å². The van der Waals surface area contributed by atoms with Gasteiger partial charge in [0.2, 0.25) is 5.91 Å². The highest BCUT2D eigenvalue weighted by Gasteiger charge is 2.22. The van der Waals surface area contributed by atoms with Crippen LogP contribution in [0.1, 0.15) is 21.7 Å². The van der Waals surface area contributed by atoms with Crippen molar-refractivity contribution in [3.63, 3.8) is 0 Å². The zero-order valence-corrected chi connectivity index (χ0v) is 16.5. The molecule has 0 radical (unpaired) electrons. The van der Waals surface area contributed by atoms with Gasteiger partial charge in [-0.25, -0.2) is 0 Å². The van der Waals surface area contributed by atoms with E-state index in [1.165, 1.54) is 4.90 Å². The number of carbonyl (C=O) groups excluding carboxylic acids is 2. The van der Waals surface area contributed by atoms with Gasteiger partial charge in [0, 0.05) is 33.7 Å². The minimum atomic E-state index is -0.354. The fourth-order valence-electron chi connectivity index (χ4n) is 2.74. The monoisotopic (exact) mass is 424 g/mol. The van der Waals surface area contributed by atoms with Gasteiger partial charge in [0.15, 0.2) is 5.76 Å². The van der Waals surface area contributed by atoms with Gasteiger partial charge >= 0.3 is 0 Å². The normalized spacial score (nSPS) is 10.4. The number of aryl methyl sites for hydroxylation is 1. The smallest absolute Gasteiger partial charge is 0.290 e. The predicted molar refractivity (Wildman–Crippen MR) is 109 cm³/mol. The van der Waals surface area contributed by atoms with Crippen molar-refractivity contribution >= 4 is 44.4 Å². The first-order chi connectivity index (χ1) is 12.9. The third-order valence-electron chi connectivity index (χ3n) is 4.13. The average molecular weight is 425 g/mol. The van der Waals surface area contributed by atoms with Crippen molar-refractivity contribution in [3.8, 4) is 12.3 Å². The molecule has 0 saturated heterocycles. The zero-order chi connectivity index (χ0) is 19.6. The van der Waals surface area contributed by atoms with Crippen LogP contribution >= 0.6 is 15.9 Å². The molecule has 2 aromatic carbocycles. The molecule has 0 aliphatic rings. The largest absolute Gasteiger partial charge is 0.451 e. The molecule has 136 valence electrons. The SMILES string of the molecule is C#Cc1cccc(NC(=O)CN(C)C(=O)c2oc3ccc(Br)cc3c2C)c1. The van der Waals surface area contributed by atoms with Crippen LogP contribution in [-0.2, 0) is 4.79 Å². The van der Waals surface area contributed by atoms with Crippen LogP contribution < -0.4 is 5.32 Å². The Balaban J connectivity index is 1.73. The predicted octanol–water partition coefficient (Wildman–Crippen LogP) is 4.20. The Labute approximate surface area is 165 Å². The third-order valence-corrected chi connectivity index (χ3v) is 4.63. The average Bonchev–Trinajstić information content (AvgIpc) is 2.97. The van der Waals surface area contributed by atoms with E-state index in [0.29, 0.717) is 16.8 Å². The number of amides is 2. The molecule has 2 amide bonds. The molecule has 0 unspecified atom stereocenters. The topological polar surface area (TPSA) is 62.6 Å². The van der Waals surface area contributed by atoms with Crippen molar-refractivity contribution in [1.29, 1.82) is 0 Å². The van der Waals surface area contributed by atoms with Gasteiger partial charge in [-0.3, -0.25) is 9.59 Å². The van der Waals surface area contributed by atoms with Crippen LogP contribution in [-0.4, -0.2) is 30.3 Å². The maximum atomic E-state index is 12.7. The summed E-state index contributed by atoms with van der Waals surface area (Å²) >= 11 is 3.41. The number of anilines is 1. The Morgan fingerprint density at radius 1 is 1.26 bits per heavy atom. The van der Waals surface area contributed by atoms with E-state index in [1.54, 1.807) is 37.4 Å². The standard InChI is InChI=1S/C21H17BrN2O3/c1-4-14-6-5-7-16(10-14)23-19(25)12-24(3)21(26)20-13(2)17-11-15(22)8-9-18(17)27-20/h1,5-11H,12H2,2-3H3,(H,23,25). The van der Waals surface area contributed by atoms with Crippen LogP contribution in [0.15, 0.2) is 51.4 Å². The molecule has 0 spiro atoms. The lowest BCUT2D eigenvalue weighted by Crippen LogP contribution is -2.35. The first kappa shape index (κ1) is 18.7. The van der Waals surface area contributed by atoms with Crippen LogP contribution in [0, 0.1) is 19.3 Å². The maximum absolute atomic E-state index is 12.7. The Hall–Kier alpha value is -3.04. The highest BCUT2D eigenvalue weighted by Crippen LogP contribution is 2.28. The lowest BCUT2D eigenvalue weighted by Gasteiger charge is -2.16. The van der Waals surface area contributed by atoms with Gasteiger partial charge < -0.3 is 14.6 Å². The van der Waals surface area contributed by atoms with Crippen molar-refractivity contribution in [2.45, 2.75) is 6.92 Å². The van der Waals surface area contributed by atoms with Gasteiger partial charge in [0.05, 0.1) is 6.54 Å². The Morgan fingerprint density at radius 3 is 2.78 bits per heavy atom. The second-order valence-corrected chi connectivity index (χ2v) is 7.05. The number of hydrogen-bond acceptors (Lipinski definition) is 3. The van der Waals surface area contributed by atoms with Crippen molar-refractivity contribution in [1.82, 2.24) is 4.90 Å². The van der Waals surface area contributed by atoms with Gasteiger partial charge in [-0.2, -0.15) is 0 Å². The highest BCUT2D eigenvalue weighted by atomic mass is 79.9. The van der Waals surface area contributed by atoms with Crippen LogP contribution in [0.3, 0.4) is 0 Å². The Morgan fingerprint density at radius 2 is 2.04 bits per heavy atom. The van der Waals surface area contributed by atoms with E-state index in [1.807, 2.05) is 19.1 Å². The van der Waals surface area contributed by atoms with Gasteiger partial charge in [-0.05, 0) is 43.3 Å². The second kappa shape index (κ2) is 7.68. The van der Waals surface area contributed by atoms with Crippen molar-refractivity contribution in [2.24, 2.45) is 0 Å². The molecular weight excluding hydrogens is 408 g/mol. The molecule has 0 bridgehead atoms. The molecule has 3 rings (SSSR count). The first-order valence-corrected chi connectivity index (χ1v) is 8.99. The summed E-state index contributed by atoms with van der Waals surface area (Å²) in [4.78, 5) is 26.3. The fourth-order valence-corrected chi connectivity index (χ4v) is 3.11. The molecule has 0 atom stereocenters. The van der Waals surface area contributed by atoms with E-state index in [2.05, 4.69) is 27.2 Å². The first-order valence-electron chi connectivity index (χ1n) is 8.19. The summed E-state index contributed by atoms with van der Waals surface area (Å²) in [6, 6.07) is 12.5. The van der Waals surface area contributed by atoms with Crippen molar-refractivity contribution in [3.05, 3.63) is 63.8 Å². The van der Waals surface area contributed by atoms with E-state index >= 15 is 0 Å². The molecule has 6 heteroatoms. The highest BCUT2D eigenvalue weighted by molar-refractivity contribution is 9.10. The molecule has 0 aliphatic carbocycles. The number of fused-ring (bicyclic) bond motifs is 1. The molecule has 27 heavy (non-hydrogen) atoms. The molecule has 0 fully saturated rings. The molecule has 1 aromatic heterocycles. The van der Waals surface area contributed by atoms with E-state index in [0.717, 1.165) is 15.4 Å². The van der Waals surface area contributed by atoms with Gasteiger partial charge in [-0.15, -0.1) is 6.42 Å². The lowest BCUT2D eigenvalue weighted by atomic mass is 10.1. The van der Waals surface area contributed by atoms with Crippen LogP contribution in [0.5, 0.6) is 0 Å². The molecule has 3 aromatic rings. The number of nitrogens with zero attached hydrogens (tertiary/aromatic N) is 1. The quantitative estimate of drug-likeness (QED) is 0.638. The number of hydrogen-bond donors (Lipinski definition) is 1. The van der Waals surface area contributed by atoms with Crippen LogP contribution in [0.25, 0.3) is 11.0 Å². The van der Waals surface area contributed by atoms with Crippen molar-refractivity contribution in [2.75, 3.05) is 18.9 Å². The number of benzene rings is 2. The maximum Gasteiger partial charge on any atom is 0.290 e. The third kappa shape index (κ3) is 4.04. The summed E-state index contributed by atoms with van der Waals surface area (Å²) < 4.78 is 6.60. The molecular formula is C21H17BrN2O3. The summed E-state index contributed by atoms with van der Waals surface area (Å²) in [6.07, 6.45) is 5.36. The van der Waals surface area contributed by atoms with Gasteiger partial charge in [0.25, 0.3) is 5.91 Å². The second-order valence-electron chi connectivity index (χ2n) is 6.13. The minimum Gasteiger partial charge on any atom is -0.451 e. The molecule has 0 saturated carbocycles. The van der Waals surface area contributed by atoms with E-state index in [-0.39, 0.29) is 24.1 Å². The van der Waals surface area contributed by atoms with E-state index in [4.69, 9.17) is 10.8 Å². The van der Waals surface area contributed by atoms with Crippen LogP contribution in [0.4, 0.5) is 5.69 Å².